The van der Waals surface area contributed by atoms with Crippen molar-refractivity contribution >= 4 is 29.2 Å². The third-order valence-electron chi connectivity index (χ3n) is 4.77. The van der Waals surface area contributed by atoms with E-state index in [9.17, 15) is 4.79 Å². The fraction of sp³-hybridized carbons (Fsp3) is 0.556. The zero-order chi connectivity index (χ0) is 18.5. The van der Waals surface area contributed by atoms with Gasteiger partial charge in [-0.3, -0.25) is 4.79 Å². The van der Waals surface area contributed by atoms with Crippen molar-refractivity contribution in [1.82, 2.24) is 9.80 Å². The molecule has 2 heterocycles. The highest BCUT2D eigenvalue weighted by Gasteiger charge is 2.22. The van der Waals surface area contributed by atoms with Crippen LogP contribution >= 0.6 is 11.6 Å². The second-order valence-electron chi connectivity index (χ2n) is 6.65. The van der Waals surface area contributed by atoms with Crippen molar-refractivity contribution in [2.75, 3.05) is 57.3 Å². The van der Waals surface area contributed by atoms with Crippen molar-refractivity contribution in [3.05, 3.63) is 29.3 Å². The van der Waals surface area contributed by atoms with Crippen LogP contribution in [-0.4, -0.2) is 80.2 Å². The molecular weight excluding hydrogens is 354 g/mol. The molecule has 2 N–H and O–H groups in total. The Kier molecular flexibility index (Phi) is 6.21. The average molecular weight is 380 g/mol. The van der Waals surface area contributed by atoms with Crippen molar-refractivity contribution in [2.45, 2.75) is 13.0 Å². The number of carbonyl (C=O) groups excluding carboxylic acids is 1. The fourth-order valence-corrected chi connectivity index (χ4v) is 3.37. The Morgan fingerprint density at radius 1 is 1.19 bits per heavy atom. The van der Waals surface area contributed by atoms with E-state index < -0.39 is 0 Å². The van der Waals surface area contributed by atoms with E-state index in [4.69, 9.17) is 22.1 Å². The molecule has 142 valence electrons. The summed E-state index contributed by atoms with van der Waals surface area (Å²) < 4.78 is 5.49. The van der Waals surface area contributed by atoms with Gasteiger partial charge in [0.25, 0.3) is 0 Å². The number of nitrogens with two attached hydrogens (primary N) is 1. The van der Waals surface area contributed by atoms with Gasteiger partial charge in [0.1, 0.15) is 6.54 Å². The maximum Gasteiger partial charge on any atom is 0.244 e. The summed E-state index contributed by atoms with van der Waals surface area (Å²) in [7, 11) is 0. The fourth-order valence-electron chi connectivity index (χ4n) is 3.24. The molecule has 7 nitrogen and oxygen atoms in total. The summed E-state index contributed by atoms with van der Waals surface area (Å²) in [4.78, 5) is 22.8. The Hall–Kier alpha value is -1.99. The van der Waals surface area contributed by atoms with E-state index in [1.54, 1.807) is 0 Å². The number of guanidine groups is 1. The molecule has 1 atom stereocenters. The number of ether oxygens (including phenoxy) is 1. The van der Waals surface area contributed by atoms with E-state index in [0.717, 1.165) is 23.8 Å². The van der Waals surface area contributed by atoms with Gasteiger partial charge in [-0.1, -0.05) is 11.6 Å². The molecule has 2 aliphatic heterocycles. The van der Waals surface area contributed by atoms with Crippen LogP contribution in [-0.2, 0) is 9.53 Å². The van der Waals surface area contributed by atoms with Gasteiger partial charge < -0.3 is 25.2 Å². The molecule has 26 heavy (non-hydrogen) atoms. The molecule has 2 aliphatic rings. The standard InChI is InChI=1S/C18H26ClN5O2/c1-14-13-24(10-11-26-14)18(20)21-12-17(25)23-8-6-22(7-9-23)16-4-2-15(19)3-5-16/h2-5,14H,6-13H2,1H3,(H2,20,21). The van der Waals surface area contributed by atoms with E-state index in [1.165, 1.54) is 0 Å². The number of hydrogen-bond acceptors (Lipinski definition) is 4. The Labute approximate surface area is 159 Å². The lowest BCUT2D eigenvalue weighted by Crippen LogP contribution is -2.50. The smallest absolute Gasteiger partial charge is 0.244 e. The Balaban J connectivity index is 1.47. The summed E-state index contributed by atoms with van der Waals surface area (Å²) in [5, 5.41) is 0.729. The third-order valence-corrected chi connectivity index (χ3v) is 5.02. The lowest BCUT2D eigenvalue weighted by Gasteiger charge is -2.36. The van der Waals surface area contributed by atoms with Crippen molar-refractivity contribution in [1.29, 1.82) is 0 Å². The largest absolute Gasteiger partial charge is 0.375 e. The molecule has 2 fully saturated rings. The molecule has 0 radical (unpaired) electrons. The summed E-state index contributed by atoms with van der Waals surface area (Å²) in [6.07, 6.45) is 0.133. The van der Waals surface area contributed by atoms with Gasteiger partial charge in [-0.15, -0.1) is 0 Å². The van der Waals surface area contributed by atoms with Crippen molar-refractivity contribution in [3.63, 3.8) is 0 Å². The second kappa shape index (κ2) is 8.60. The molecule has 0 aliphatic carbocycles. The highest BCUT2D eigenvalue weighted by molar-refractivity contribution is 6.30. The SMILES string of the molecule is CC1CN(C(N)=NCC(=O)N2CCN(c3ccc(Cl)cc3)CC2)CCO1. The normalized spacial score (nSPS) is 21.8. The molecule has 0 spiro atoms. The maximum absolute atomic E-state index is 12.4. The number of anilines is 1. The minimum Gasteiger partial charge on any atom is -0.375 e. The van der Waals surface area contributed by atoms with Crippen LogP contribution in [0.1, 0.15) is 6.92 Å². The molecule has 1 aromatic rings. The molecule has 1 unspecified atom stereocenters. The first-order valence-electron chi connectivity index (χ1n) is 8.97. The number of aliphatic imine (C=N–C) groups is 1. The quantitative estimate of drug-likeness (QED) is 0.627. The monoisotopic (exact) mass is 379 g/mol. The van der Waals surface area contributed by atoms with Crippen molar-refractivity contribution in [2.24, 2.45) is 10.7 Å². The summed E-state index contributed by atoms with van der Waals surface area (Å²) in [5.41, 5.74) is 7.16. The Morgan fingerprint density at radius 3 is 2.54 bits per heavy atom. The number of morpholine rings is 1. The van der Waals surface area contributed by atoms with Gasteiger partial charge in [0.2, 0.25) is 5.91 Å². The summed E-state index contributed by atoms with van der Waals surface area (Å²) in [6.45, 7) is 7.14. The van der Waals surface area contributed by atoms with Crippen LogP contribution in [0.3, 0.4) is 0 Å². The molecule has 2 saturated heterocycles. The second-order valence-corrected chi connectivity index (χ2v) is 7.08. The van der Waals surface area contributed by atoms with Gasteiger partial charge in [-0.25, -0.2) is 4.99 Å². The molecule has 1 aromatic carbocycles. The highest BCUT2D eigenvalue weighted by atomic mass is 35.5. The van der Waals surface area contributed by atoms with Crippen LogP contribution in [0.5, 0.6) is 0 Å². The van der Waals surface area contributed by atoms with E-state index in [1.807, 2.05) is 41.0 Å². The number of hydrogen-bond donors (Lipinski definition) is 1. The lowest BCUT2D eigenvalue weighted by atomic mass is 10.2. The van der Waals surface area contributed by atoms with E-state index in [-0.39, 0.29) is 18.6 Å². The number of halogens is 1. The molecule has 0 bridgehead atoms. The van der Waals surface area contributed by atoms with Crippen LogP contribution in [0.25, 0.3) is 0 Å². The van der Waals surface area contributed by atoms with Crippen LogP contribution in [0, 0.1) is 0 Å². The zero-order valence-electron chi connectivity index (χ0n) is 15.1. The molecule has 1 amide bonds. The first kappa shape index (κ1) is 18.8. The van der Waals surface area contributed by atoms with Gasteiger partial charge >= 0.3 is 0 Å². The predicted molar refractivity (Wildman–Crippen MR) is 104 cm³/mol. The minimum absolute atomic E-state index is 0.0185. The number of rotatable bonds is 3. The number of nitrogens with zero attached hydrogens (tertiary/aromatic N) is 4. The summed E-state index contributed by atoms with van der Waals surface area (Å²) >= 11 is 5.94. The first-order chi connectivity index (χ1) is 12.5. The van der Waals surface area contributed by atoms with Crippen LogP contribution in [0.2, 0.25) is 5.02 Å². The molecule has 8 heteroatoms. The number of benzene rings is 1. The zero-order valence-corrected chi connectivity index (χ0v) is 15.9. The van der Waals surface area contributed by atoms with Gasteiger partial charge in [0.15, 0.2) is 5.96 Å². The topological polar surface area (TPSA) is 74.4 Å². The van der Waals surface area contributed by atoms with Crippen LogP contribution in [0.4, 0.5) is 5.69 Å². The molecule has 0 saturated carbocycles. The Morgan fingerprint density at radius 2 is 1.88 bits per heavy atom. The summed E-state index contributed by atoms with van der Waals surface area (Å²) in [5.74, 6) is 0.443. The van der Waals surface area contributed by atoms with Crippen molar-refractivity contribution < 1.29 is 9.53 Å². The lowest BCUT2D eigenvalue weighted by molar-refractivity contribution is -0.129. The van der Waals surface area contributed by atoms with E-state index in [0.29, 0.717) is 38.7 Å². The summed E-state index contributed by atoms with van der Waals surface area (Å²) in [6, 6.07) is 7.79. The number of amides is 1. The van der Waals surface area contributed by atoms with Gasteiger partial charge in [0.05, 0.1) is 12.7 Å². The van der Waals surface area contributed by atoms with E-state index in [2.05, 4.69) is 9.89 Å². The van der Waals surface area contributed by atoms with Gasteiger partial charge in [-0.2, -0.15) is 0 Å². The molecular formula is C18H26ClN5O2. The maximum atomic E-state index is 12.4. The predicted octanol–water partition coefficient (Wildman–Crippen LogP) is 1.02. The van der Waals surface area contributed by atoms with Crippen molar-refractivity contribution in [3.8, 4) is 0 Å². The molecule has 3 rings (SSSR count). The van der Waals surface area contributed by atoms with Gasteiger partial charge in [0, 0.05) is 50.0 Å². The highest BCUT2D eigenvalue weighted by Crippen LogP contribution is 2.19. The van der Waals surface area contributed by atoms with Crippen LogP contribution in [0.15, 0.2) is 29.3 Å². The Bertz CT molecular complexity index is 643. The average Bonchev–Trinajstić information content (AvgIpc) is 2.66. The third kappa shape index (κ3) is 4.80. The molecule has 0 aromatic heterocycles. The van der Waals surface area contributed by atoms with Gasteiger partial charge in [-0.05, 0) is 31.2 Å². The van der Waals surface area contributed by atoms with Crippen LogP contribution < -0.4 is 10.6 Å². The minimum atomic E-state index is 0.0185. The number of carbonyl (C=O) groups is 1. The van der Waals surface area contributed by atoms with E-state index >= 15 is 0 Å². The first-order valence-corrected chi connectivity index (χ1v) is 9.35. The number of piperazine rings is 1.